The van der Waals surface area contributed by atoms with Gasteiger partial charge in [-0.3, -0.25) is 9.69 Å². The molecular weight excluding hydrogens is 530 g/mol. The lowest BCUT2D eigenvalue weighted by Gasteiger charge is -2.42. The Morgan fingerprint density at radius 2 is 1.38 bits per heavy atom. The summed E-state index contributed by atoms with van der Waals surface area (Å²) in [4.78, 5) is 16.1. The fraction of sp³-hybridized carbons (Fsp3) is 0.387. The molecule has 1 fully saturated rings. The molecule has 0 aliphatic heterocycles. The quantitative estimate of drug-likeness (QED) is 0.297. The summed E-state index contributed by atoms with van der Waals surface area (Å²) in [5, 5.41) is 2.76. The lowest BCUT2D eigenvalue weighted by Crippen LogP contribution is -2.50. The van der Waals surface area contributed by atoms with E-state index in [1.807, 2.05) is 55.6 Å². The molecule has 214 valence electrons. The summed E-state index contributed by atoms with van der Waals surface area (Å²) in [6.07, 6.45) is -7.51. The maximum absolute atomic E-state index is 13.9. The lowest BCUT2D eigenvalue weighted by atomic mass is 9.67. The minimum Gasteiger partial charge on any atom is -0.349 e. The van der Waals surface area contributed by atoms with E-state index < -0.39 is 40.8 Å². The molecule has 1 unspecified atom stereocenters. The Balaban J connectivity index is 1.57. The van der Waals surface area contributed by atoms with Crippen LogP contribution in [0.1, 0.15) is 66.5 Å². The van der Waals surface area contributed by atoms with Crippen molar-refractivity contribution in [3.8, 4) is 0 Å². The molecule has 0 heterocycles. The summed E-state index contributed by atoms with van der Waals surface area (Å²) in [6.45, 7) is 2.16. The molecule has 1 aliphatic rings. The Kier molecular flexibility index (Phi) is 8.63. The van der Waals surface area contributed by atoms with Gasteiger partial charge in [0.05, 0.1) is 22.6 Å². The molecule has 1 amide bonds. The minimum absolute atomic E-state index is 0.0940. The van der Waals surface area contributed by atoms with Gasteiger partial charge in [0.1, 0.15) is 0 Å². The first kappa shape index (κ1) is 29.6. The van der Waals surface area contributed by atoms with Gasteiger partial charge in [-0.15, -0.1) is 0 Å². The predicted octanol–water partition coefficient (Wildman–Crippen LogP) is 7.91. The second-order valence-electron chi connectivity index (χ2n) is 10.6. The zero-order chi connectivity index (χ0) is 29.1. The standard InChI is InChI=1S/C31H32F6N2O/c1-21(23-17-25(30(32,33)34)19-26(18-23)31(35,36)37)38-28(40)29(24-11-7-4-8-12-24)15-13-27(14-16-29)39(2)20-22-9-5-3-6-10-22/h3-12,17-19,21,27H,13-16,20H2,1-2H3,(H,38,40)/t21?,27-,29-. The van der Waals surface area contributed by atoms with Gasteiger partial charge in [-0.2, -0.15) is 26.3 Å². The summed E-state index contributed by atoms with van der Waals surface area (Å²) >= 11 is 0. The van der Waals surface area contributed by atoms with E-state index in [0.29, 0.717) is 37.8 Å². The molecule has 0 spiro atoms. The van der Waals surface area contributed by atoms with Crippen molar-refractivity contribution < 1.29 is 31.1 Å². The van der Waals surface area contributed by atoms with E-state index in [1.165, 1.54) is 12.5 Å². The number of hydrogen-bond donors (Lipinski definition) is 1. The van der Waals surface area contributed by atoms with Crippen LogP contribution in [0, 0.1) is 0 Å². The number of carbonyl (C=O) groups excluding carboxylic acids is 1. The number of halogens is 6. The molecule has 0 aromatic heterocycles. The smallest absolute Gasteiger partial charge is 0.349 e. The molecule has 40 heavy (non-hydrogen) atoms. The van der Waals surface area contributed by atoms with Gasteiger partial charge in [0.15, 0.2) is 0 Å². The fourth-order valence-corrected chi connectivity index (χ4v) is 5.59. The molecule has 1 atom stereocenters. The van der Waals surface area contributed by atoms with Crippen molar-refractivity contribution in [2.24, 2.45) is 0 Å². The van der Waals surface area contributed by atoms with E-state index in [0.717, 1.165) is 12.1 Å². The molecule has 3 aromatic carbocycles. The highest BCUT2D eigenvalue weighted by molar-refractivity contribution is 5.88. The Hall–Kier alpha value is -3.33. The van der Waals surface area contributed by atoms with Crippen LogP contribution in [-0.4, -0.2) is 23.9 Å². The van der Waals surface area contributed by atoms with Crippen LogP contribution in [0.4, 0.5) is 26.3 Å². The largest absolute Gasteiger partial charge is 0.416 e. The number of amides is 1. The number of rotatable bonds is 7. The fourth-order valence-electron chi connectivity index (χ4n) is 5.59. The van der Waals surface area contributed by atoms with Crippen LogP contribution in [0.2, 0.25) is 0 Å². The zero-order valence-electron chi connectivity index (χ0n) is 22.3. The number of benzene rings is 3. The van der Waals surface area contributed by atoms with E-state index in [2.05, 4.69) is 22.3 Å². The summed E-state index contributed by atoms with van der Waals surface area (Å²) in [5.74, 6) is -0.402. The molecule has 4 rings (SSSR count). The molecule has 1 saturated carbocycles. The molecular formula is C31H32F6N2O. The van der Waals surface area contributed by atoms with Crippen LogP contribution in [0.15, 0.2) is 78.9 Å². The summed E-state index contributed by atoms with van der Waals surface area (Å²) in [5.41, 5.74) is -2.06. The average Bonchev–Trinajstić information content (AvgIpc) is 2.92. The van der Waals surface area contributed by atoms with E-state index in [1.54, 1.807) is 0 Å². The van der Waals surface area contributed by atoms with Crippen LogP contribution in [0.5, 0.6) is 0 Å². The second-order valence-corrected chi connectivity index (χ2v) is 10.6. The van der Waals surface area contributed by atoms with Crippen LogP contribution in [0.25, 0.3) is 0 Å². The first-order valence-electron chi connectivity index (χ1n) is 13.2. The van der Waals surface area contributed by atoms with Crippen molar-refractivity contribution in [3.05, 3.63) is 107 Å². The number of nitrogens with one attached hydrogen (secondary N) is 1. The monoisotopic (exact) mass is 562 g/mol. The molecule has 0 saturated heterocycles. The SMILES string of the molecule is CC(NC(=O)[C@]1(c2ccccc2)CC[C@@H](N(C)Cc2ccccc2)CC1)c1cc(C(F)(F)F)cc(C(F)(F)F)c1. The van der Waals surface area contributed by atoms with Crippen molar-refractivity contribution >= 4 is 5.91 Å². The van der Waals surface area contributed by atoms with Crippen LogP contribution in [0.3, 0.4) is 0 Å². The third-order valence-corrected chi connectivity index (χ3v) is 7.93. The topological polar surface area (TPSA) is 32.3 Å². The minimum atomic E-state index is -4.96. The number of carbonyl (C=O) groups is 1. The van der Waals surface area contributed by atoms with Gasteiger partial charge < -0.3 is 5.32 Å². The Morgan fingerprint density at radius 1 is 0.875 bits per heavy atom. The number of alkyl halides is 6. The van der Waals surface area contributed by atoms with E-state index in [-0.39, 0.29) is 17.7 Å². The third kappa shape index (κ3) is 6.69. The summed E-state index contributed by atoms with van der Waals surface area (Å²) in [7, 11) is 2.04. The first-order valence-corrected chi connectivity index (χ1v) is 13.2. The van der Waals surface area contributed by atoms with Gasteiger partial charge in [-0.05, 0) is 74.5 Å². The molecule has 3 aromatic rings. The molecule has 1 N–H and O–H groups in total. The summed E-state index contributed by atoms with van der Waals surface area (Å²) < 4.78 is 80.5. The van der Waals surface area contributed by atoms with Gasteiger partial charge in [0.25, 0.3) is 0 Å². The van der Waals surface area contributed by atoms with Gasteiger partial charge in [0.2, 0.25) is 5.91 Å². The van der Waals surface area contributed by atoms with E-state index in [4.69, 9.17) is 0 Å². The second kappa shape index (κ2) is 11.6. The van der Waals surface area contributed by atoms with Gasteiger partial charge in [-0.1, -0.05) is 60.7 Å². The number of hydrogen-bond acceptors (Lipinski definition) is 2. The zero-order valence-corrected chi connectivity index (χ0v) is 22.3. The molecule has 9 heteroatoms. The van der Waals surface area contributed by atoms with Crippen LogP contribution < -0.4 is 5.32 Å². The highest BCUT2D eigenvalue weighted by Crippen LogP contribution is 2.42. The van der Waals surface area contributed by atoms with Gasteiger partial charge in [-0.25, -0.2) is 0 Å². The van der Waals surface area contributed by atoms with Crippen LogP contribution in [-0.2, 0) is 29.1 Å². The molecule has 1 aliphatic carbocycles. The lowest BCUT2D eigenvalue weighted by molar-refractivity contribution is -0.143. The maximum atomic E-state index is 13.9. The predicted molar refractivity (Wildman–Crippen MR) is 141 cm³/mol. The Labute approximate surface area is 230 Å². The van der Waals surface area contributed by atoms with Gasteiger partial charge >= 0.3 is 12.4 Å². The Bertz CT molecular complexity index is 1250. The highest BCUT2D eigenvalue weighted by Gasteiger charge is 2.44. The van der Waals surface area contributed by atoms with Crippen molar-refractivity contribution in [2.45, 2.75) is 69.0 Å². The normalized spacial score (nSPS) is 20.8. The average molecular weight is 563 g/mol. The molecule has 0 radical (unpaired) electrons. The van der Waals surface area contributed by atoms with E-state index in [9.17, 15) is 31.1 Å². The highest BCUT2D eigenvalue weighted by atomic mass is 19.4. The van der Waals surface area contributed by atoms with Crippen molar-refractivity contribution in [1.29, 1.82) is 0 Å². The first-order chi connectivity index (χ1) is 18.8. The van der Waals surface area contributed by atoms with Crippen molar-refractivity contribution in [1.82, 2.24) is 10.2 Å². The van der Waals surface area contributed by atoms with E-state index >= 15 is 0 Å². The Morgan fingerprint density at radius 3 is 1.88 bits per heavy atom. The molecule has 0 bridgehead atoms. The molecule has 3 nitrogen and oxygen atoms in total. The summed E-state index contributed by atoms with van der Waals surface area (Å²) in [6, 6.07) is 19.8. The maximum Gasteiger partial charge on any atom is 0.416 e. The number of nitrogens with zero attached hydrogens (tertiary/aromatic N) is 1. The third-order valence-electron chi connectivity index (χ3n) is 7.93. The van der Waals surface area contributed by atoms with Crippen molar-refractivity contribution in [3.63, 3.8) is 0 Å². The van der Waals surface area contributed by atoms with Gasteiger partial charge in [0, 0.05) is 12.6 Å². The van der Waals surface area contributed by atoms with Crippen LogP contribution >= 0.6 is 0 Å². The van der Waals surface area contributed by atoms with Crippen molar-refractivity contribution in [2.75, 3.05) is 7.05 Å².